The molecule has 0 aromatic heterocycles. The molecule has 4 nitrogen and oxygen atoms in total. The number of carbonyl (C=O) groups is 1. The fourth-order valence-corrected chi connectivity index (χ4v) is 1.25. The molecule has 0 saturated heterocycles. The van der Waals surface area contributed by atoms with Gasteiger partial charge in [-0.25, -0.2) is 0 Å². The molecule has 15 heavy (non-hydrogen) atoms. The van der Waals surface area contributed by atoms with Gasteiger partial charge >= 0.3 is 0 Å². The van der Waals surface area contributed by atoms with Crippen LogP contribution in [-0.4, -0.2) is 30.5 Å². The van der Waals surface area contributed by atoms with Gasteiger partial charge in [0.25, 0.3) is 0 Å². The van der Waals surface area contributed by atoms with Gasteiger partial charge in [-0.1, -0.05) is 13.3 Å². The van der Waals surface area contributed by atoms with E-state index in [1.165, 1.54) is 0 Å². The zero-order chi connectivity index (χ0) is 11.7. The molecule has 0 aromatic carbocycles. The highest BCUT2D eigenvalue weighted by molar-refractivity contribution is 5.75. The number of nitrogens with one attached hydrogen (secondary N) is 1. The average molecular weight is 217 g/mol. The lowest BCUT2D eigenvalue weighted by molar-refractivity contribution is -0.122. The molecule has 1 atom stereocenters. The van der Waals surface area contributed by atoms with E-state index in [0.717, 1.165) is 12.8 Å². The van der Waals surface area contributed by atoms with Crippen LogP contribution in [0.5, 0.6) is 0 Å². The minimum atomic E-state index is -0.280. The standard InChI is InChI=1S/C11H23NO3/c1-4-10(7-15-9(2)3)5-6-11(14)12-8-13/h9-10,13H,4-8H2,1-3H3,(H,12,14). The lowest BCUT2D eigenvalue weighted by atomic mass is 10.0. The molecule has 0 aromatic rings. The van der Waals surface area contributed by atoms with Gasteiger partial charge < -0.3 is 15.2 Å². The highest BCUT2D eigenvalue weighted by Crippen LogP contribution is 2.12. The van der Waals surface area contributed by atoms with Gasteiger partial charge in [0.2, 0.25) is 5.91 Å². The number of rotatable bonds is 8. The Morgan fingerprint density at radius 3 is 2.60 bits per heavy atom. The van der Waals surface area contributed by atoms with E-state index in [4.69, 9.17) is 9.84 Å². The van der Waals surface area contributed by atoms with Crippen molar-refractivity contribution in [2.45, 2.75) is 46.1 Å². The molecule has 2 N–H and O–H groups in total. The van der Waals surface area contributed by atoms with Crippen LogP contribution in [0.1, 0.15) is 40.0 Å². The summed E-state index contributed by atoms with van der Waals surface area (Å²) in [6.07, 6.45) is 2.53. The SMILES string of the molecule is CCC(CCC(=O)NCO)COC(C)C. The zero-order valence-electron chi connectivity index (χ0n) is 9.95. The molecule has 0 radical (unpaired) electrons. The molecule has 4 heteroatoms. The first-order chi connectivity index (χ1) is 7.10. The van der Waals surface area contributed by atoms with Crippen LogP contribution in [-0.2, 0) is 9.53 Å². The number of amides is 1. The zero-order valence-corrected chi connectivity index (χ0v) is 9.95. The van der Waals surface area contributed by atoms with E-state index in [1.54, 1.807) is 0 Å². The van der Waals surface area contributed by atoms with Gasteiger partial charge in [0, 0.05) is 13.0 Å². The lowest BCUT2D eigenvalue weighted by Crippen LogP contribution is -2.25. The van der Waals surface area contributed by atoms with Crippen LogP contribution >= 0.6 is 0 Å². The smallest absolute Gasteiger partial charge is 0.221 e. The molecule has 0 bridgehead atoms. The third-order valence-corrected chi connectivity index (χ3v) is 2.30. The summed E-state index contributed by atoms with van der Waals surface area (Å²) in [7, 11) is 0. The molecule has 1 unspecified atom stereocenters. The number of aliphatic hydroxyl groups excluding tert-OH is 1. The van der Waals surface area contributed by atoms with E-state index in [-0.39, 0.29) is 18.7 Å². The summed E-state index contributed by atoms with van der Waals surface area (Å²) in [4.78, 5) is 11.1. The molecular weight excluding hydrogens is 194 g/mol. The Morgan fingerprint density at radius 2 is 2.13 bits per heavy atom. The van der Waals surface area contributed by atoms with Gasteiger partial charge in [0.1, 0.15) is 6.73 Å². The molecule has 0 aliphatic rings. The van der Waals surface area contributed by atoms with Gasteiger partial charge in [-0.2, -0.15) is 0 Å². The second-order valence-electron chi connectivity index (χ2n) is 3.95. The molecule has 0 saturated carbocycles. The second kappa shape index (κ2) is 8.68. The van der Waals surface area contributed by atoms with Crippen LogP contribution in [0.2, 0.25) is 0 Å². The van der Waals surface area contributed by atoms with Crippen molar-refractivity contribution in [1.82, 2.24) is 5.32 Å². The van der Waals surface area contributed by atoms with Crippen molar-refractivity contribution in [2.75, 3.05) is 13.3 Å². The predicted octanol–water partition coefficient (Wildman–Crippen LogP) is 1.28. The van der Waals surface area contributed by atoms with Crippen LogP contribution < -0.4 is 5.32 Å². The number of carbonyl (C=O) groups excluding carboxylic acids is 1. The summed E-state index contributed by atoms with van der Waals surface area (Å²) in [6.45, 7) is 6.54. The fraction of sp³-hybridized carbons (Fsp3) is 0.909. The van der Waals surface area contributed by atoms with E-state index in [1.807, 2.05) is 13.8 Å². The molecule has 1 amide bonds. The third kappa shape index (κ3) is 8.39. The maximum Gasteiger partial charge on any atom is 0.221 e. The number of ether oxygens (including phenoxy) is 1. The number of hydrogen-bond acceptors (Lipinski definition) is 3. The van der Waals surface area contributed by atoms with Crippen molar-refractivity contribution >= 4 is 5.91 Å². The first kappa shape index (κ1) is 14.4. The highest BCUT2D eigenvalue weighted by atomic mass is 16.5. The van der Waals surface area contributed by atoms with Crippen LogP contribution in [0.4, 0.5) is 0 Å². The second-order valence-corrected chi connectivity index (χ2v) is 3.95. The quantitative estimate of drug-likeness (QED) is 0.602. The maximum absolute atomic E-state index is 11.1. The van der Waals surface area contributed by atoms with Crippen molar-refractivity contribution < 1.29 is 14.6 Å². The largest absolute Gasteiger partial charge is 0.379 e. The summed E-state index contributed by atoms with van der Waals surface area (Å²) in [5.41, 5.74) is 0. The van der Waals surface area contributed by atoms with E-state index >= 15 is 0 Å². The Kier molecular flexibility index (Phi) is 8.33. The molecule has 0 spiro atoms. The van der Waals surface area contributed by atoms with Crippen LogP contribution in [0.25, 0.3) is 0 Å². The third-order valence-electron chi connectivity index (χ3n) is 2.30. The first-order valence-electron chi connectivity index (χ1n) is 5.59. The number of aliphatic hydroxyl groups is 1. The Bertz CT molecular complexity index is 171. The van der Waals surface area contributed by atoms with Crippen LogP contribution in [0, 0.1) is 5.92 Å². The lowest BCUT2D eigenvalue weighted by Gasteiger charge is -2.16. The van der Waals surface area contributed by atoms with E-state index in [9.17, 15) is 4.79 Å². The predicted molar refractivity (Wildman–Crippen MR) is 59.3 cm³/mol. The normalized spacial score (nSPS) is 12.9. The van der Waals surface area contributed by atoms with Crippen molar-refractivity contribution in [3.63, 3.8) is 0 Å². The van der Waals surface area contributed by atoms with Crippen LogP contribution in [0.3, 0.4) is 0 Å². The molecule has 0 rings (SSSR count). The topological polar surface area (TPSA) is 58.6 Å². The van der Waals surface area contributed by atoms with E-state index < -0.39 is 0 Å². The molecular formula is C11H23NO3. The first-order valence-corrected chi connectivity index (χ1v) is 5.59. The molecule has 0 fully saturated rings. The van der Waals surface area contributed by atoms with E-state index in [2.05, 4.69) is 12.2 Å². The highest BCUT2D eigenvalue weighted by Gasteiger charge is 2.10. The number of hydrogen-bond donors (Lipinski definition) is 2. The fourth-order valence-electron chi connectivity index (χ4n) is 1.25. The van der Waals surface area contributed by atoms with Gasteiger partial charge in [0.15, 0.2) is 0 Å². The average Bonchev–Trinajstić information content (AvgIpc) is 2.18. The Labute approximate surface area is 92.0 Å². The molecule has 90 valence electrons. The minimum absolute atomic E-state index is 0.0968. The summed E-state index contributed by atoms with van der Waals surface area (Å²) in [5.74, 6) is 0.331. The van der Waals surface area contributed by atoms with Gasteiger partial charge in [-0.05, 0) is 26.2 Å². The van der Waals surface area contributed by atoms with Gasteiger partial charge in [-0.15, -0.1) is 0 Å². The molecule has 0 aliphatic carbocycles. The van der Waals surface area contributed by atoms with Gasteiger partial charge in [-0.3, -0.25) is 4.79 Å². The van der Waals surface area contributed by atoms with Crippen molar-refractivity contribution in [3.05, 3.63) is 0 Å². The maximum atomic E-state index is 11.1. The van der Waals surface area contributed by atoms with Crippen molar-refractivity contribution in [1.29, 1.82) is 0 Å². The monoisotopic (exact) mass is 217 g/mol. The summed E-state index contributed by atoms with van der Waals surface area (Å²) in [6, 6.07) is 0. The molecule has 0 heterocycles. The van der Waals surface area contributed by atoms with Crippen LogP contribution in [0.15, 0.2) is 0 Å². The minimum Gasteiger partial charge on any atom is -0.379 e. The summed E-state index contributed by atoms with van der Waals surface area (Å²) in [5, 5.41) is 10.8. The Morgan fingerprint density at radius 1 is 1.47 bits per heavy atom. The summed E-state index contributed by atoms with van der Waals surface area (Å²) < 4.78 is 5.51. The Balaban J connectivity index is 3.65. The Hall–Kier alpha value is -0.610. The van der Waals surface area contributed by atoms with Crippen molar-refractivity contribution in [3.8, 4) is 0 Å². The van der Waals surface area contributed by atoms with Gasteiger partial charge in [0.05, 0.1) is 6.10 Å². The van der Waals surface area contributed by atoms with Crippen molar-refractivity contribution in [2.24, 2.45) is 5.92 Å². The van der Waals surface area contributed by atoms with E-state index in [0.29, 0.717) is 18.9 Å². The summed E-state index contributed by atoms with van der Waals surface area (Å²) >= 11 is 0. The molecule has 0 aliphatic heterocycles.